The van der Waals surface area contributed by atoms with Gasteiger partial charge in [0.1, 0.15) is 11.8 Å². The lowest BCUT2D eigenvalue weighted by Crippen LogP contribution is -2.48. The first-order chi connectivity index (χ1) is 9.00. The number of urea groups is 1. The van der Waals surface area contributed by atoms with Gasteiger partial charge in [0.15, 0.2) is 0 Å². The Labute approximate surface area is 111 Å². The zero-order valence-corrected chi connectivity index (χ0v) is 11.1. The highest BCUT2D eigenvalue weighted by Crippen LogP contribution is 2.29. The molecule has 19 heavy (non-hydrogen) atoms. The number of likely N-dealkylation sites (N-methyl/N-ethyl adjacent to an activating group) is 1. The molecule has 1 fully saturated rings. The normalized spacial score (nSPS) is 15.9. The number of aliphatic carboxylic acids is 1. The van der Waals surface area contributed by atoms with E-state index in [1.807, 2.05) is 6.07 Å². The summed E-state index contributed by atoms with van der Waals surface area (Å²) in [6, 6.07) is 2.66. The van der Waals surface area contributed by atoms with Crippen molar-refractivity contribution >= 4 is 12.0 Å². The standard InChI is InChI=1S/C13H18N2O4/c1-9(12(16)17)14(2)13(18)15(10-5-6-10)8-11-4-3-7-19-11/h3-4,7,9-10H,5-6,8H2,1-2H3,(H,16,17). The van der Waals surface area contributed by atoms with Gasteiger partial charge < -0.3 is 19.3 Å². The van der Waals surface area contributed by atoms with Gasteiger partial charge in [0.2, 0.25) is 0 Å². The number of hydrogen-bond acceptors (Lipinski definition) is 3. The number of rotatable bonds is 5. The second-order valence-electron chi connectivity index (χ2n) is 4.85. The third kappa shape index (κ3) is 3.07. The second-order valence-corrected chi connectivity index (χ2v) is 4.85. The van der Waals surface area contributed by atoms with E-state index in [2.05, 4.69) is 0 Å². The van der Waals surface area contributed by atoms with Gasteiger partial charge >= 0.3 is 12.0 Å². The molecule has 6 heteroatoms. The topological polar surface area (TPSA) is 74.0 Å². The molecule has 0 radical (unpaired) electrons. The third-order valence-electron chi connectivity index (χ3n) is 3.38. The van der Waals surface area contributed by atoms with Crippen molar-refractivity contribution in [3.63, 3.8) is 0 Å². The Balaban J connectivity index is 2.06. The van der Waals surface area contributed by atoms with Crippen molar-refractivity contribution in [1.29, 1.82) is 0 Å². The summed E-state index contributed by atoms with van der Waals surface area (Å²) >= 11 is 0. The lowest BCUT2D eigenvalue weighted by Gasteiger charge is -2.29. The summed E-state index contributed by atoms with van der Waals surface area (Å²) in [5, 5.41) is 8.96. The lowest BCUT2D eigenvalue weighted by atomic mass is 10.3. The van der Waals surface area contributed by atoms with E-state index in [-0.39, 0.29) is 12.1 Å². The molecule has 104 valence electrons. The number of furan rings is 1. The number of carboxylic acid groups (broad SMARTS) is 1. The van der Waals surface area contributed by atoms with Crippen LogP contribution in [-0.4, -0.2) is 46.0 Å². The van der Waals surface area contributed by atoms with Gasteiger partial charge in [0.25, 0.3) is 0 Å². The molecule has 1 aromatic heterocycles. The summed E-state index contributed by atoms with van der Waals surface area (Å²) in [6.07, 6.45) is 3.48. The van der Waals surface area contributed by atoms with Crippen LogP contribution in [-0.2, 0) is 11.3 Å². The fourth-order valence-corrected chi connectivity index (χ4v) is 1.84. The van der Waals surface area contributed by atoms with E-state index in [0.29, 0.717) is 12.3 Å². The second kappa shape index (κ2) is 5.34. The monoisotopic (exact) mass is 266 g/mol. The van der Waals surface area contributed by atoms with Crippen LogP contribution >= 0.6 is 0 Å². The van der Waals surface area contributed by atoms with Crippen molar-refractivity contribution in [2.45, 2.75) is 38.4 Å². The van der Waals surface area contributed by atoms with Gasteiger partial charge in [0, 0.05) is 13.1 Å². The summed E-state index contributed by atoms with van der Waals surface area (Å²) in [5.74, 6) is -0.304. The molecule has 0 bridgehead atoms. The van der Waals surface area contributed by atoms with Crippen molar-refractivity contribution < 1.29 is 19.1 Å². The predicted molar refractivity (Wildman–Crippen MR) is 67.5 cm³/mol. The molecule has 1 atom stereocenters. The van der Waals surface area contributed by atoms with E-state index in [1.165, 1.54) is 18.9 Å². The highest BCUT2D eigenvalue weighted by atomic mass is 16.4. The SMILES string of the molecule is CC(C(=O)O)N(C)C(=O)N(Cc1ccco1)C1CC1. The summed E-state index contributed by atoms with van der Waals surface area (Å²) < 4.78 is 5.25. The summed E-state index contributed by atoms with van der Waals surface area (Å²) in [6.45, 7) is 1.88. The van der Waals surface area contributed by atoms with Gasteiger partial charge in [-0.05, 0) is 31.9 Å². The van der Waals surface area contributed by atoms with E-state index in [0.717, 1.165) is 12.8 Å². The van der Waals surface area contributed by atoms with Crippen LogP contribution in [0, 0.1) is 0 Å². The van der Waals surface area contributed by atoms with Crippen LogP contribution in [0.4, 0.5) is 4.79 Å². The van der Waals surface area contributed by atoms with Crippen molar-refractivity contribution in [1.82, 2.24) is 9.80 Å². The first-order valence-corrected chi connectivity index (χ1v) is 6.29. The summed E-state index contributed by atoms with van der Waals surface area (Å²) in [4.78, 5) is 26.2. The van der Waals surface area contributed by atoms with E-state index < -0.39 is 12.0 Å². The molecule has 6 nitrogen and oxygen atoms in total. The van der Waals surface area contributed by atoms with E-state index in [4.69, 9.17) is 9.52 Å². The zero-order chi connectivity index (χ0) is 14.0. The lowest BCUT2D eigenvalue weighted by molar-refractivity contribution is -0.141. The molecule has 0 spiro atoms. The van der Waals surface area contributed by atoms with Crippen LogP contribution < -0.4 is 0 Å². The maximum atomic E-state index is 12.3. The Kier molecular flexibility index (Phi) is 3.78. The van der Waals surface area contributed by atoms with Gasteiger partial charge in [-0.2, -0.15) is 0 Å². The molecule has 2 rings (SSSR count). The fourth-order valence-electron chi connectivity index (χ4n) is 1.84. The van der Waals surface area contributed by atoms with Crippen LogP contribution in [0.2, 0.25) is 0 Å². The molecule has 0 saturated heterocycles. The van der Waals surface area contributed by atoms with Gasteiger partial charge in [0.05, 0.1) is 12.8 Å². The average molecular weight is 266 g/mol. The van der Waals surface area contributed by atoms with Crippen molar-refractivity contribution in [3.8, 4) is 0 Å². The minimum absolute atomic E-state index is 0.195. The Hall–Kier alpha value is -1.98. The first-order valence-electron chi connectivity index (χ1n) is 6.29. The Morgan fingerprint density at radius 2 is 2.21 bits per heavy atom. The molecule has 1 saturated carbocycles. The van der Waals surface area contributed by atoms with Crippen molar-refractivity contribution in [2.24, 2.45) is 0 Å². The molecule has 0 aliphatic heterocycles. The van der Waals surface area contributed by atoms with E-state index in [9.17, 15) is 9.59 Å². The molecule has 1 unspecified atom stereocenters. The minimum atomic E-state index is -1.01. The highest BCUT2D eigenvalue weighted by molar-refractivity contribution is 5.82. The van der Waals surface area contributed by atoms with Crippen LogP contribution in [0.5, 0.6) is 0 Å². The van der Waals surface area contributed by atoms with Crippen LogP contribution in [0.25, 0.3) is 0 Å². The van der Waals surface area contributed by atoms with Crippen LogP contribution in [0.3, 0.4) is 0 Å². The molecule has 1 aliphatic carbocycles. The zero-order valence-electron chi connectivity index (χ0n) is 11.1. The summed E-state index contributed by atoms with van der Waals surface area (Å²) in [5.41, 5.74) is 0. The molecule has 1 heterocycles. The molecule has 0 aromatic carbocycles. The van der Waals surface area contributed by atoms with Gasteiger partial charge in [-0.1, -0.05) is 0 Å². The third-order valence-corrected chi connectivity index (χ3v) is 3.38. The molecule has 1 aromatic rings. The van der Waals surface area contributed by atoms with E-state index >= 15 is 0 Å². The van der Waals surface area contributed by atoms with Crippen LogP contribution in [0.1, 0.15) is 25.5 Å². The largest absolute Gasteiger partial charge is 0.480 e. The number of carboxylic acids is 1. The number of nitrogens with zero attached hydrogens (tertiary/aromatic N) is 2. The minimum Gasteiger partial charge on any atom is -0.480 e. The first kappa shape index (κ1) is 13.5. The Bertz CT molecular complexity index is 453. The summed E-state index contributed by atoms with van der Waals surface area (Å²) in [7, 11) is 1.51. The number of carbonyl (C=O) groups is 2. The van der Waals surface area contributed by atoms with Gasteiger partial charge in [-0.25, -0.2) is 9.59 Å². The molecular formula is C13H18N2O4. The van der Waals surface area contributed by atoms with Gasteiger partial charge in [-0.15, -0.1) is 0 Å². The molecule has 1 aliphatic rings. The maximum Gasteiger partial charge on any atom is 0.326 e. The number of amides is 2. The average Bonchev–Trinajstić information content (AvgIpc) is 3.10. The van der Waals surface area contributed by atoms with Gasteiger partial charge in [-0.3, -0.25) is 0 Å². The van der Waals surface area contributed by atoms with Crippen molar-refractivity contribution in [2.75, 3.05) is 7.05 Å². The van der Waals surface area contributed by atoms with Crippen LogP contribution in [0.15, 0.2) is 22.8 Å². The molecule has 2 amide bonds. The maximum absolute atomic E-state index is 12.3. The Morgan fingerprint density at radius 1 is 1.53 bits per heavy atom. The smallest absolute Gasteiger partial charge is 0.326 e. The Morgan fingerprint density at radius 3 is 2.68 bits per heavy atom. The van der Waals surface area contributed by atoms with E-state index in [1.54, 1.807) is 17.2 Å². The quantitative estimate of drug-likeness (QED) is 0.881. The molecule has 1 N–H and O–H groups in total. The fraction of sp³-hybridized carbons (Fsp3) is 0.538. The number of hydrogen-bond donors (Lipinski definition) is 1. The highest BCUT2D eigenvalue weighted by Gasteiger charge is 2.36. The van der Waals surface area contributed by atoms with Crippen molar-refractivity contribution in [3.05, 3.63) is 24.2 Å². The predicted octanol–water partition coefficient (Wildman–Crippen LogP) is 1.77. The number of carbonyl (C=O) groups excluding carboxylic acids is 1. The molecular weight excluding hydrogens is 248 g/mol.